The third-order valence-corrected chi connectivity index (χ3v) is 3.23. The second-order valence-electron chi connectivity index (χ2n) is 2.94. The molecule has 0 radical (unpaired) electrons. The molecular formula is C6H10F3NO3S. The summed E-state index contributed by atoms with van der Waals surface area (Å²) in [5.41, 5.74) is 0. The van der Waals surface area contributed by atoms with Crippen LogP contribution in [0.15, 0.2) is 0 Å². The summed E-state index contributed by atoms with van der Waals surface area (Å²) in [6, 6.07) is 0. The van der Waals surface area contributed by atoms with Crippen LogP contribution >= 0.6 is 0 Å². The van der Waals surface area contributed by atoms with Crippen molar-refractivity contribution in [1.82, 2.24) is 4.47 Å². The molecule has 4 nitrogen and oxygen atoms in total. The van der Waals surface area contributed by atoms with Crippen molar-refractivity contribution in [1.29, 1.82) is 0 Å². The molecule has 1 aliphatic heterocycles. The van der Waals surface area contributed by atoms with Gasteiger partial charge in [-0.25, -0.2) is 8.42 Å². The van der Waals surface area contributed by atoms with Crippen LogP contribution in [-0.2, 0) is 14.9 Å². The Morgan fingerprint density at radius 3 is 2.36 bits per heavy atom. The summed E-state index contributed by atoms with van der Waals surface area (Å²) in [7, 11) is -4.35. The highest BCUT2D eigenvalue weighted by atomic mass is 32.2. The molecule has 1 heterocycles. The zero-order chi connectivity index (χ0) is 10.8. The summed E-state index contributed by atoms with van der Waals surface area (Å²) in [6.45, 7) is 0.148. The Labute approximate surface area is 79.6 Å². The predicted molar refractivity (Wildman–Crippen MR) is 41.7 cm³/mol. The van der Waals surface area contributed by atoms with E-state index in [0.29, 0.717) is 17.3 Å². The number of alkyl halides is 3. The molecule has 0 aliphatic carbocycles. The van der Waals surface area contributed by atoms with Gasteiger partial charge in [-0.05, 0) is 12.8 Å². The quantitative estimate of drug-likeness (QED) is 0.712. The number of hydroxylamine groups is 1. The van der Waals surface area contributed by atoms with E-state index in [4.69, 9.17) is 0 Å². The van der Waals surface area contributed by atoms with Gasteiger partial charge in [0.05, 0.1) is 6.61 Å². The van der Waals surface area contributed by atoms with Crippen LogP contribution < -0.4 is 0 Å². The summed E-state index contributed by atoms with van der Waals surface area (Å²) < 4.78 is 58.1. The lowest BCUT2D eigenvalue weighted by Gasteiger charge is -2.25. The molecule has 14 heavy (non-hydrogen) atoms. The molecule has 8 heteroatoms. The molecule has 84 valence electrons. The first-order chi connectivity index (χ1) is 6.31. The van der Waals surface area contributed by atoms with Crippen molar-refractivity contribution in [2.24, 2.45) is 0 Å². The Morgan fingerprint density at radius 2 is 1.93 bits per heavy atom. The molecule has 1 fully saturated rings. The van der Waals surface area contributed by atoms with Gasteiger partial charge in [-0.1, -0.05) is 4.47 Å². The minimum atomic E-state index is -4.72. The Morgan fingerprint density at radius 1 is 1.29 bits per heavy atom. The summed E-state index contributed by atoms with van der Waals surface area (Å²) >= 11 is 0. The van der Waals surface area contributed by atoms with Crippen molar-refractivity contribution in [3.05, 3.63) is 0 Å². The Hall–Kier alpha value is -0.340. The summed E-state index contributed by atoms with van der Waals surface area (Å²) in [4.78, 5) is 4.63. The lowest BCUT2D eigenvalue weighted by Crippen LogP contribution is -2.40. The van der Waals surface area contributed by atoms with E-state index in [-0.39, 0.29) is 13.2 Å². The number of halogens is 3. The summed E-state index contributed by atoms with van der Waals surface area (Å²) in [5, 5.41) is 0. The van der Waals surface area contributed by atoms with Gasteiger partial charge < -0.3 is 0 Å². The van der Waals surface area contributed by atoms with Crippen molar-refractivity contribution < 1.29 is 26.4 Å². The van der Waals surface area contributed by atoms with Crippen LogP contribution in [0.5, 0.6) is 0 Å². The van der Waals surface area contributed by atoms with Crippen LogP contribution in [0.25, 0.3) is 0 Å². The topological polar surface area (TPSA) is 46.6 Å². The van der Waals surface area contributed by atoms with Gasteiger partial charge in [0, 0.05) is 6.54 Å². The van der Waals surface area contributed by atoms with Gasteiger partial charge in [0.25, 0.3) is 0 Å². The molecule has 0 N–H and O–H groups in total. The van der Waals surface area contributed by atoms with Crippen molar-refractivity contribution in [2.45, 2.75) is 19.0 Å². The maximum atomic E-state index is 11.8. The average molecular weight is 233 g/mol. The highest BCUT2D eigenvalue weighted by Gasteiger charge is 2.39. The Balaban J connectivity index is 2.64. The van der Waals surface area contributed by atoms with Crippen molar-refractivity contribution in [3.8, 4) is 0 Å². The van der Waals surface area contributed by atoms with Crippen LogP contribution in [0.1, 0.15) is 12.8 Å². The third kappa shape index (κ3) is 3.43. The summed E-state index contributed by atoms with van der Waals surface area (Å²) in [6.07, 6.45) is -3.53. The molecule has 1 aliphatic rings. The molecule has 0 unspecified atom stereocenters. The number of nitrogens with zero attached hydrogens (tertiary/aromatic N) is 1. The van der Waals surface area contributed by atoms with Gasteiger partial charge in [0.15, 0.2) is 5.75 Å². The van der Waals surface area contributed by atoms with E-state index in [1.165, 1.54) is 0 Å². The molecule has 0 bridgehead atoms. The Bertz CT molecular complexity index is 281. The number of hydrogen-bond donors (Lipinski definition) is 0. The fourth-order valence-corrected chi connectivity index (χ4v) is 2.27. The fourth-order valence-electron chi connectivity index (χ4n) is 1.07. The van der Waals surface area contributed by atoms with E-state index in [1.807, 2.05) is 0 Å². The van der Waals surface area contributed by atoms with Crippen LogP contribution in [0, 0.1) is 0 Å². The summed E-state index contributed by atoms with van der Waals surface area (Å²) in [5.74, 6) is -1.86. The first kappa shape index (κ1) is 11.7. The molecule has 0 atom stereocenters. The molecule has 0 spiro atoms. The number of sulfonamides is 1. The van der Waals surface area contributed by atoms with E-state index >= 15 is 0 Å². The highest BCUT2D eigenvalue weighted by molar-refractivity contribution is 7.89. The Kier molecular flexibility index (Phi) is 3.38. The lowest BCUT2D eigenvalue weighted by molar-refractivity contribution is -0.124. The van der Waals surface area contributed by atoms with Crippen molar-refractivity contribution in [3.63, 3.8) is 0 Å². The molecular weight excluding hydrogens is 223 g/mol. The van der Waals surface area contributed by atoms with Crippen molar-refractivity contribution >= 4 is 10.0 Å². The van der Waals surface area contributed by atoms with Gasteiger partial charge in [0.2, 0.25) is 10.0 Å². The number of hydrogen-bond acceptors (Lipinski definition) is 3. The van der Waals surface area contributed by atoms with Gasteiger partial charge in [-0.2, -0.15) is 13.2 Å². The zero-order valence-corrected chi connectivity index (χ0v) is 8.07. The second-order valence-corrected chi connectivity index (χ2v) is 4.80. The number of rotatable bonds is 2. The smallest absolute Gasteiger partial charge is 0.284 e. The van der Waals surface area contributed by atoms with E-state index in [1.54, 1.807) is 0 Å². The zero-order valence-electron chi connectivity index (χ0n) is 7.25. The first-order valence-electron chi connectivity index (χ1n) is 4.01. The van der Waals surface area contributed by atoms with Crippen LogP contribution in [0.2, 0.25) is 0 Å². The minimum Gasteiger partial charge on any atom is -0.284 e. The maximum Gasteiger partial charge on any atom is 0.404 e. The van der Waals surface area contributed by atoms with Gasteiger partial charge >= 0.3 is 6.18 Å². The lowest BCUT2D eigenvalue weighted by atomic mass is 10.3. The normalized spacial score (nSPS) is 21.1. The van der Waals surface area contributed by atoms with E-state index in [9.17, 15) is 21.6 Å². The van der Waals surface area contributed by atoms with E-state index in [2.05, 4.69) is 4.84 Å². The molecule has 0 amide bonds. The monoisotopic (exact) mass is 233 g/mol. The SMILES string of the molecule is O=S(=O)(CC(F)(F)F)N1CCCCO1. The first-order valence-corrected chi connectivity index (χ1v) is 5.62. The standard InChI is InChI=1S/C6H10F3NO3S/c7-6(8,9)5-14(11,12)10-3-1-2-4-13-10/h1-5H2. The second kappa shape index (κ2) is 4.03. The minimum absolute atomic E-state index is 0.00157. The maximum absolute atomic E-state index is 11.8. The van der Waals surface area contributed by atoms with Gasteiger partial charge in [-0.3, -0.25) is 4.84 Å². The predicted octanol–water partition coefficient (Wildman–Crippen LogP) is 0.906. The van der Waals surface area contributed by atoms with Crippen molar-refractivity contribution in [2.75, 3.05) is 18.9 Å². The fraction of sp³-hybridized carbons (Fsp3) is 1.00. The average Bonchev–Trinajstić information content (AvgIpc) is 2.01. The van der Waals surface area contributed by atoms with Crippen LogP contribution in [0.3, 0.4) is 0 Å². The molecule has 0 saturated carbocycles. The molecule has 1 rings (SSSR count). The van der Waals surface area contributed by atoms with Gasteiger partial charge in [0.1, 0.15) is 0 Å². The van der Waals surface area contributed by atoms with E-state index < -0.39 is 22.0 Å². The third-order valence-electron chi connectivity index (χ3n) is 1.63. The highest BCUT2D eigenvalue weighted by Crippen LogP contribution is 2.21. The van der Waals surface area contributed by atoms with E-state index in [0.717, 1.165) is 0 Å². The largest absolute Gasteiger partial charge is 0.404 e. The molecule has 0 aromatic rings. The van der Waals surface area contributed by atoms with Gasteiger partial charge in [-0.15, -0.1) is 0 Å². The van der Waals surface area contributed by atoms with Crippen LogP contribution in [-0.4, -0.2) is 38.0 Å². The van der Waals surface area contributed by atoms with Crippen LogP contribution in [0.4, 0.5) is 13.2 Å². The molecule has 0 aromatic heterocycles. The molecule has 1 saturated heterocycles. The molecule has 0 aromatic carbocycles.